The molecule has 35 heavy (non-hydrogen) atoms. The van der Waals surface area contributed by atoms with Crippen molar-refractivity contribution in [2.24, 2.45) is 17.3 Å². The summed E-state index contributed by atoms with van der Waals surface area (Å²) in [6.45, 7) is 9.26. The molecule has 0 aliphatic carbocycles. The number of primary amides is 1. The van der Waals surface area contributed by atoms with Crippen LogP contribution in [0.4, 0.5) is 5.69 Å². The molecule has 0 saturated heterocycles. The third kappa shape index (κ3) is 6.94. The third-order valence-corrected chi connectivity index (χ3v) is 6.39. The number of amides is 1. The highest BCUT2D eigenvalue weighted by Crippen LogP contribution is 2.24. The van der Waals surface area contributed by atoms with Crippen LogP contribution in [0.1, 0.15) is 41.8 Å². The Morgan fingerprint density at radius 2 is 1.34 bits per heavy atom. The summed E-state index contributed by atoms with van der Waals surface area (Å²) >= 11 is 0. The second-order valence-corrected chi connectivity index (χ2v) is 8.77. The predicted molar refractivity (Wildman–Crippen MR) is 146 cm³/mol. The standard InChI is InChI=1S/C29H37N5O/c1-4-33(5-2)19-18-27(30)28(34(32)26-16-6-21(3)7-17-26)20-22-8-10-23(11-9-22)24-12-14-25(15-13-24)29(31)35/h6-17H,4-5,18-20,30,32H2,1-3H3,(H2,31,35)/b28-27-. The van der Waals surface area contributed by atoms with E-state index in [9.17, 15) is 4.79 Å². The normalized spacial score (nSPS) is 11.9. The van der Waals surface area contributed by atoms with E-state index in [4.69, 9.17) is 17.3 Å². The van der Waals surface area contributed by atoms with Gasteiger partial charge in [0.1, 0.15) is 0 Å². The predicted octanol–water partition coefficient (Wildman–Crippen LogP) is 4.59. The Bertz CT molecular complexity index is 1130. The SMILES string of the molecule is CCN(CC)CC/C(N)=C(\Cc1ccc(-c2ccc(C(N)=O)cc2)cc1)N(N)c1ccc(C)cc1. The highest BCUT2D eigenvalue weighted by atomic mass is 16.1. The first kappa shape index (κ1) is 26.0. The van der Waals surface area contributed by atoms with Crippen LogP contribution in [0, 0.1) is 6.92 Å². The molecule has 3 aromatic carbocycles. The number of carbonyl (C=O) groups excluding carboxylic acids is 1. The van der Waals surface area contributed by atoms with Gasteiger partial charge in [-0.05, 0) is 61.0 Å². The number of aryl methyl sites for hydroxylation is 1. The number of carbonyl (C=O) groups is 1. The van der Waals surface area contributed by atoms with Crippen molar-refractivity contribution in [3.05, 3.63) is 101 Å². The van der Waals surface area contributed by atoms with Crippen molar-refractivity contribution in [2.75, 3.05) is 24.6 Å². The van der Waals surface area contributed by atoms with Crippen LogP contribution in [-0.2, 0) is 6.42 Å². The molecule has 0 radical (unpaired) electrons. The molecule has 0 atom stereocenters. The molecule has 3 aromatic rings. The van der Waals surface area contributed by atoms with Crippen molar-refractivity contribution < 1.29 is 4.79 Å². The Morgan fingerprint density at radius 3 is 1.86 bits per heavy atom. The number of hydrogen-bond acceptors (Lipinski definition) is 5. The first-order chi connectivity index (χ1) is 16.8. The lowest BCUT2D eigenvalue weighted by atomic mass is 10.00. The van der Waals surface area contributed by atoms with Crippen molar-refractivity contribution in [1.82, 2.24) is 4.90 Å². The van der Waals surface area contributed by atoms with Crippen molar-refractivity contribution in [2.45, 2.75) is 33.6 Å². The molecular formula is C29H37N5O. The molecule has 0 saturated carbocycles. The molecule has 6 heteroatoms. The van der Waals surface area contributed by atoms with Gasteiger partial charge >= 0.3 is 0 Å². The fraction of sp³-hybridized carbons (Fsp3) is 0.276. The lowest BCUT2D eigenvalue weighted by molar-refractivity contribution is 0.100. The van der Waals surface area contributed by atoms with E-state index >= 15 is 0 Å². The second kappa shape index (κ2) is 12.2. The Labute approximate surface area is 209 Å². The number of hydrogen-bond donors (Lipinski definition) is 3. The topological polar surface area (TPSA) is 102 Å². The maximum Gasteiger partial charge on any atom is 0.248 e. The molecule has 184 valence electrons. The Morgan fingerprint density at radius 1 is 0.800 bits per heavy atom. The molecular weight excluding hydrogens is 434 g/mol. The van der Waals surface area contributed by atoms with Crippen molar-refractivity contribution in [3.8, 4) is 11.1 Å². The molecule has 1 amide bonds. The van der Waals surface area contributed by atoms with Crippen LogP contribution in [0.25, 0.3) is 11.1 Å². The molecule has 0 aromatic heterocycles. The van der Waals surface area contributed by atoms with Crippen LogP contribution in [0.5, 0.6) is 0 Å². The smallest absolute Gasteiger partial charge is 0.248 e. The first-order valence-corrected chi connectivity index (χ1v) is 12.1. The molecule has 6 N–H and O–H groups in total. The van der Waals surface area contributed by atoms with Gasteiger partial charge in [-0.15, -0.1) is 0 Å². The molecule has 6 nitrogen and oxygen atoms in total. The Kier molecular flexibility index (Phi) is 9.06. The molecule has 3 rings (SSSR count). The lowest BCUT2D eigenvalue weighted by Gasteiger charge is -2.26. The second-order valence-electron chi connectivity index (χ2n) is 8.77. The summed E-state index contributed by atoms with van der Waals surface area (Å²) in [5.41, 5.74) is 19.5. The van der Waals surface area contributed by atoms with Gasteiger partial charge in [0, 0.05) is 30.6 Å². The van der Waals surface area contributed by atoms with Gasteiger partial charge in [-0.2, -0.15) is 0 Å². The van der Waals surface area contributed by atoms with Crippen LogP contribution in [0.3, 0.4) is 0 Å². The molecule has 0 aliphatic rings. The largest absolute Gasteiger partial charge is 0.401 e. The van der Waals surface area contributed by atoms with Gasteiger partial charge in [0.05, 0.1) is 11.4 Å². The number of nitrogens with two attached hydrogens (primary N) is 3. The lowest BCUT2D eigenvalue weighted by Crippen LogP contribution is -2.34. The Hall–Kier alpha value is -3.61. The average Bonchev–Trinajstić information content (AvgIpc) is 2.88. The van der Waals surface area contributed by atoms with Crippen LogP contribution >= 0.6 is 0 Å². The summed E-state index contributed by atoms with van der Waals surface area (Å²) in [5.74, 6) is 6.19. The minimum Gasteiger partial charge on any atom is -0.401 e. The Balaban J connectivity index is 1.85. The monoisotopic (exact) mass is 471 g/mol. The number of allylic oxidation sites excluding steroid dienone is 1. The molecule has 0 unspecified atom stereocenters. The minimum atomic E-state index is -0.426. The fourth-order valence-corrected chi connectivity index (χ4v) is 4.01. The molecule has 0 spiro atoms. The van der Waals surface area contributed by atoms with Crippen LogP contribution in [-0.4, -0.2) is 30.4 Å². The summed E-state index contributed by atoms with van der Waals surface area (Å²) in [6.07, 6.45) is 1.37. The third-order valence-electron chi connectivity index (χ3n) is 6.39. The van der Waals surface area contributed by atoms with Gasteiger partial charge in [-0.1, -0.05) is 67.9 Å². The van der Waals surface area contributed by atoms with Gasteiger partial charge in [0.25, 0.3) is 0 Å². The molecule has 0 heterocycles. The van der Waals surface area contributed by atoms with Gasteiger partial charge < -0.3 is 16.4 Å². The van der Waals surface area contributed by atoms with Crippen molar-refractivity contribution in [3.63, 3.8) is 0 Å². The van der Waals surface area contributed by atoms with Crippen LogP contribution < -0.4 is 22.3 Å². The summed E-state index contributed by atoms with van der Waals surface area (Å²) < 4.78 is 0. The van der Waals surface area contributed by atoms with Crippen LogP contribution in [0.15, 0.2) is 84.2 Å². The zero-order valence-electron chi connectivity index (χ0n) is 21.0. The highest BCUT2D eigenvalue weighted by molar-refractivity contribution is 5.93. The quantitative estimate of drug-likeness (QED) is 0.281. The number of rotatable bonds is 11. The minimum absolute atomic E-state index is 0.426. The van der Waals surface area contributed by atoms with E-state index in [1.54, 1.807) is 17.1 Å². The van der Waals surface area contributed by atoms with Crippen LogP contribution in [0.2, 0.25) is 0 Å². The van der Waals surface area contributed by atoms with Gasteiger partial charge in [0.15, 0.2) is 0 Å². The van der Waals surface area contributed by atoms with Gasteiger partial charge in [-0.25, -0.2) is 5.84 Å². The summed E-state index contributed by atoms with van der Waals surface area (Å²) in [7, 11) is 0. The molecule has 0 fully saturated rings. The number of benzene rings is 3. The molecule has 0 bridgehead atoms. The van der Waals surface area contributed by atoms with E-state index in [1.807, 2.05) is 24.3 Å². The fourth-order valence-electron chi connectivity index (χ4n) is 4.01. The van der Waals surface area contributed by atoms with E-state index in [-0.39, 0.29) is 0 Å². The van der Waals surface area contributed by atoms with Crippen molar-refractivity contribution in [1.29, 1.82) is 0 Å². The van der Waals surface area contributed by atoms with E-state index in [2.05, 4.69) is 62.1 Å². The summed E-state index contributed by atoms with van der Waals surface area (Å²) in [5, 5.41) is 1.72. The highest BCUT2D eigenvalue weighted by Gasteiger charge is 2.15. The van der Waals surface area contributed by atoms with E-state index in [0.717, 1.165) is 59.8 Å². The number of nitrogens with zero attached hydrogens (tertiary/aromatic N) is 2. The van der Waals surface area contributed by atoms with Gasteiger partial charge in [-0.3, -0.25) is 9.80 Å². The van der Waals surface area contributed by atoms with E-state index < -0.39 is 5.91 Å². The average molecular weight is 472 g/mol. The van der Waals surface area contributed by atoms with Crippen molar-refractivity contribution >= 4 is 11.6 Å². The number of anilines is 1. The van der Waals surface area contributed by atoms with E-state index in [1.165, 1.54) is 5.56 Å². The summed E-state index contributed by atoms with van der Waals surface area (Å²) in [4.78, 5) is 13.7. The van der Waals surface area contributed by atoms with Gasteiger partial charge in [0.2, 0.25) is 5.91 Å². The first-order valence-electron chi connectivity index (χ1n) is 12.1. The summed E-state index contributed by atoms with van der Waals surface area (Å²) in [6, 6.07) is 23.8. The zero-order chi connectivity index (χ0) is 25.4. The van der Waals surface area contributed by atoms with E-state index in [0.29, 0.717) is 12.0 Å². The number of hydrazine groups is 1. The maximum absolute atomic E-state index is 11.3. The zero-order valence-corrected chi connectivity index (χ0v) is 21.0. The maximum atomic E-state index is 11.3. The molecule has 0 aliphatic heterocycles.